The predicted molar refractivity (Wildman–Crippen MR) is 250 cm³/mol. The molecule has 32 heteroatoms. The number of aliphatic carboxylic acids is 4. The number of aliphatic hydroxyl groups is 2. The summed E-state index contributed by atoms with van der Waals surface area (Å²) < 4.78 is 0. The van der Waals surface area contributed by atoms with E-state index in [9.17, 15) is 82.8 Å². The zero-order chi connectivity index (χ0) is 54.4. The normalized spacial score (nSPS) is 14.6. The van der Waals surface area contributed by atoms with Gasteiger partial charge in [0.25, 0.3) is 0 Å². The number of nitrogens with one attached hydrogen (secondary N) is 9. The lowest BCUT2D eigenvalue weighted by Crippen LogP contribution is -2.59. The lowest BCUT2D eigenvalue weighted by Gasteiger charge is -2.24. The minimum atomic E-state index is -1.88. The Morgan fingerprint density at radius 1 is 0.535 bits per heavy atom. The van der Waals surface area contributed by atoms with E-state index < -0.39 is 189 Å². The molecule has 402 valence electrons. The van der Waals surface area contributed by atoms with E-state index >= 15 is 0 Å². The van der Waals surface area contributed by atoms with Gasteiger partial charge in [-0.3, -0.25) is 57.5 Å². The third kappa shape index (κ3) is 27.0. The summed E-state index contributed by atoms with van der Waals surface area (Å²) in [6.07, 6.45) is -2.47. The second-order valence-corrected chi connectivity index (χ2v) is 16.8. The monoisotopic (exact) mass is 1060 g/mol. The molecule has 0 spiro atoms. The fourth-order valence-electron chi connectivity index (χ4n) is 5.75. The van der Waals surface area contributed by atoms with Gasteiger partial charge in [0.1, 0.15) is 48.3 Å². The first-order chi connectivity index (χ1) is 33.3. The first-order valence-corrected chi connectivity index (χ1v) is 23.7. The average molecular weight is 1060 g/mol. The Morgan fingerprint density at radius 2 is 0.958 bits per heavy atom. The molecule has 0 saturated carbocycles. The highest BCUT2D eigenvalue weighted by atomic mass is 32.2. The van der Waals surface area contributed by atoms with E-state index in [4.69, 9.17) is 21.7 Å². The van der Waals surface area contributed by atoms with Crippen molar-refractivity contribution in [2.45, 2.75) is 119 Å². The molecule has 0 aliphatic rings. The van der Waals surface area contributed by atoms with Crippen LogP contribution in [0, 0.1) is 0 Å². The number of nitrogens with two attached hydrogens (primary N) is 2. The maximum atomic E-state index is 13.4. The maximum absolute atomic E-state index is 13.4. The second-order valence-electron chi connectivity index (χ2n) is 15.5. The fourth-order valence-corrected chi connectivity index (χ4v) is 6.48. The van der Waals surface area contributed by atoms with Crippen LogP contribution in [0.1, 0.15) is 64.7 Å². The molecule has 0 unspecified atom stereocenters. The molecule has 0 aromatic rings. The van der Waals surface area contributed by atoms with Crippen LogP contribution < -0.4 is 59.3 Å². The fraction of sp³-hybridized carbons (Fsp3) is 0.667. The molecule has 0 fully saturated rings. The van der Waals surface area contributed by atoms with Gasteiger partial charge in [-0.25, -0.2) is 4.79 Å². The Balaban J connectivity index is 5.87. The van der Waals surface area contributed by atoms with E-state index in [-0.39, 0.29) is 25.1 Å². The first kappa shape index (κ1) is 64.6. The number of carboxylic acids is 4. The van der Waals surface area contributed by atoms with Gasteiger partial charge >= 0.3 is 23.9 Å². The second kappa shape index (κ2) is 34.9. The topological polar surface area (TPSA) is 504 Å². The highest BCUT2D eigenvalue weighted by Gasteiger charge is 2.33. The Kier molecular flexibility index (Phi) is 31.7. The molecule has 9 amide bonds. The van der Waals surface area contributed by atoms with E-state index in [1.54, 1.807) is 6.26 Å². The molecule has 71 heavy (non-hydrogen) atoms. The standard InChI is InChI=1S/C39H65N11O19S2/c1-18(52)31(41)38(67)50-24(16-51)36(65)46-19(6-8-28(55)56)32(61)42-14-26(53)44-21(10-12-71-2)35(64)49-23(13-30(59)60)33(62)43-15-27(54)45-25(17-70)37(66)47-20(7-9-29(57)58)34(63)48-22(39(68)69)5-3-4-11-40/h18-25,31,51-52,70H,3-17,40-41H2,1-2H3,(H,42,61)(H,43,62)(H,44,53)(H,45,54)(H,46,65)(H,47,66)(H,48,63)(H,49,64)(H,50,67)(H,55,56)(H,57,58)(H,59,60)(H,68,69)/t18-,19+,20+,21+,22+,23+,24+,25+,31+/m1/s1. The minimum absolute atomic E-state index is 0.0252. The molecule has 19 N–H and O–H groups in total. The van der Waals surface area contributed by atoms with Crippen LogP contribution in [0.4, 0.5) is 0 Å². The zero-order valence-electron chi connectivity index (χ0n) is 38.8. The molecule has 0 rings (SSSR count). The van der Waals surface area contributed by atoms with E-state index in [1.165, 1.54) is 18.7 Å². The SMILES string of the molecule is CSCC[C@H](NC(=O)CNC(=O)[C@H](CCC(=O)O)NC(=O)[C@H](CO)NC(=O)[C@@H](N)[C@@H](C)O)C(=O)N[C@@H](CC(=O)O)C(=O)NCC(=O)N[C@@H](CS)C(=O)N[C@@H](CCC(=O)O)C(=O)N[C@@H](CCCCN)C(=O)O. The van der Waals surface area contributed by atoms with Crippen LogP contribution in [0.3, 0.4) is 0 Å². The summed E-state index contributed by atoms with van der Waals surface area (Å²) in [4.78, 5) is 163. The van der Waals surface area contributed by atoms with Gasteiger partial charge in [-0.2, -0.15) is 24.4 Å². The van der Waals surface area contributed by atoms with Crippen molar-refractivity contribution in [3.63, 3.8) is 0 Å². The van der Waals surface area contributed by atoms with Crippen molar-refractivity contribution < 1.29 is 93.0 Å². The molecule has 0 saturated heterocycles. The van der Waals surface area contributed by atoms with Crippen LogP contribution in [0.15, 0.2) is 0 Å². The molecule has 30 nitrogen and oxygen atoms in total. The largest absolute Gasteiger partial charge is 0.481 e. The van der Waals surface area contributed by atoms with Gasteiger partial charge < -0.3 is 90.0 Å². The Labute approximate surface area is 415 Å². The summed E-state index contributed by atoms with van der Waals surface area (Å²) in [5.74, 6) is -15.8. The van der Waals surface area contributed by atoms with Crippen molar-refractivity contribution in [3.05, 3.63) is 0 Å². The smallest absolute Gasteiger partial charge is 0.326 e. The number of carboxylic acid groups (broad SMARTS) is 4. The number of rotatable bonds is 37. The Bertz CT molecular complexity index is 1880. The summed E-state index contributed by atoms with van der Waals surface area (Å²) in [6.45, 7) is -1.39. The third-order valence-electron chi connectivity index (χ3n) is 9.71. The summed E-state index contributed by atoms with van der Waals surface area (Å²) in [7, 11) is 0. The van der Waals surface area contributed by atoms with E-state index in [2.05, 4.69) is 60.5 Å². The predicted octanol–water partition coefficient (Wildman–Crippen LogP) is -7.59. The summed E-state index contributed by atoms with van der Waals surface area (Å²) >= 11 is 5.23. The Hall–Kier alpha value is -6.35. The highest BCUT2D eigenvalue weighted by Crippen LogP contribution is 2.07. The number of thioether (sulfide) groups is 1. The molecule has 0 bridgehead atoms. The number of hydrogen-bond acceptors (Lipinski definition) is 19. The van der Waals surface area contributed by atoms with Crippen molar-refractivity contribution >= 4 is 101 Å². The van der Waals surface area contributed by atoms with Crippen LogP contribution in [0.2, 0.25) is 0 Å². The molecular formula is C39H65N11O19S2. The van der Waals surface area contributed by atoms with Gasteiger partial charge in [0.05, 0.1) is 32.2 Å². The number of thiol groups is 1. The van der Waals surface area contributed by atoms with Crippen molar-refractivity contribution in [3.8, 4) is 0 Å². The summed E-state index contributed by atoms with van der Waals surface area (Å²) in [6, 6.07) is -12.7. The van der Waals surface area contributed by atoms with Crippen molar-refractivity contribution in [1.82, 2.24) is 47.9 Å². The highest BCUT2D eigenvalue weighted by molar-refractivity contribution is 7.98. The average Bonchev–Trinajstić information content (AvgIpc) is 3.30. The summed E-state index contributed by atoms with van der Waals surface area (Å²) in [5, 5.41) is 76.2. The van der Waals surface area contributed by atoms with Gasteiger partial charge in [-0.05, 0) is 64.0 Å². The first-order valence-electron chi connectivity index (χ1n) is 21.7. The molecule has 0 aliphatic carbocycles. The Morgan fingerprint density at radius 3 is 1.39 bits per heavy atom. The van der Waals surface area contributed by atoms with Gasteiger partial charge in [-0.15, -0.1) is 0 Å². The lowest BCUT2D eigenvalue weighted by atomic mass is 10.1. The maximum Gasteiger partial charge on any atom is 0.326 e. The quantitative estimate of drug-likeness (QED) is 0.0203. The molecular weight excluding hydrogens is 991 g/mol. The number of aliphatic hydroxyl groups excluding tert-OH is 2. The molecule has 0 aromatic heterocycles. The van der Waals surface area contributed by atoms with E-state index in [0.29, 0.717) is 12.8 Å². The van der Waals surface area contributed by atoms with Crippen LogP contribution >= 0.6 is 24.4 Å². The van der Waals surface area contributed by atoms with Gasteiger partial charge in [0.2, 0.25) is 53.2 Å². The van der Waals surface area contributed by atoms with Crippen molar-refractivity contribution in [2.24, 2.45) is 11.5 Å². The lowest BCUT2D eigenvalue weighted by molar-refractivity contribution is -0.143. The van der Waals surface area contributed by atoms with Crippen molar-refractivity contribution in [2.75, 3.05) is 44.0 Å². The van der Waals surface area contributed by atoms with Gasteiger partial charge in [-0.1, -0.05) is 0 Å². The van der Waals surface area contributed by atoms with Crippen molar-refractivity contribution in [1.29, 1.82) is 0 Å². The van der Waals surface area contributed by atoms with Crippen LogP contribution in [-0.4, -0.2) is 206 Å². The number of carbonyl (C=O) groups is 13. The van der Waals surface area contributed by atoms with Crippen LogP contribution in [-0.2, 0) is 62.3 Å². The minimum Gasteiger partial charge on any atom is -0.481 e. The zero-order valence-corrected chi connectivity index (χ0v) is 40.5. The molecule has 9 atom stereocenters. The van der Waals surface area contributed by atoms with Crippen LogP contribution in [0.5, 0.6) is 0 Å². The van der Waals surface area contributed by atoms with E-state index in [1.807, 2.05) is 0 Å². The number of hydrogen-bond donors (Lipinski definition) is 18. The molecule has 0 radical (unpaired) electrons. The van der Waals surface area contributed by atoms with Gasteiger partial charge in [0.15, 0.2) is 0 Å². The number of carbonyl (C=O) groups excluding carboxylic acids is 9. The molecule has 0 aromatic carbocycles. The number of amides is 9. The van der Waals surface area contributed by atoms with E-state index in [0.717, 1.165) is 0 Å². The van der Waals surface area contributed by atoms with Crippen LogP contribution in [0.25, 0.3) is 0 Å². The third-order valence-corrected chi connectivity index (χ3v) is 10.7. The number of unbranched alkanes of at least 4 members (excludes halogenated alkanes) is 1. The molecule has 0 aliphatic heterocycles. The molecule has 0 heterocycles. The summed E-state index contributed by atoms with van der Waals surface area (Å²) in [5.41, 5.74) is 11.0. The van der Waals surface area contributed by atoms with Gasteiger partial charge in [0, 0.05) is 18.6 Å².